The van der Waals surface area contributed by atoms with Crippen LogP contribution in [0.1, 0.15) is 52.6 Å². The molecule has 25 heavy (non-hydrogen) atoms. The number of methoxy groups -OCH3 is 1. The highest BCUT2D eigenvalue weighted by atomic mass is 79.9. The molecule has 0 heterocycles. The van der Waals surface area contributed by atoms with Crippen molar-refractivity contribution in [2.24, 2.45) is 0 Å². The van der Waals surface area contributed by atoms with Crippen molar-refractivity contribution in [1.29, 1.82) is 0 Å². The van der Waals surface area contributed by atoms with E-state index in [1.165, 1.54) is 12.7 Å². The monoisotopic (exact) mass is 420 g/mol. The molecule has 0 spiro atoms. The van der Waals surface area contributed by atoms with E-state index in [0.717, 1.165) is 22.2 Å². The van der Waals surface area contributed by atoms with Crippen LogP contribution in [0.25, 0.3) is 0 Å². The summed E-state index contributed by atoms with van der Waals surface area (Å²) in [6, 6.07) is 12.9. The molecule has 0 N–H and O–H groups in total. The third-order valence-electron chi connectivity index (χ3n) is 3.82. The van der Waals surface area contributed by atoms with Crippen LogP contribution < -0.4 is 0 Å². The largest absolute Gasteiger partial charge is 0.465 e. The lowest BCUT2D eigenvalue weighted by Crippen LogP contribution is -2.11. The molecular weight excluding hydrogens is 400 g/mol. The first-order chi connectivity index (χ1) is 11.8. The number of esters is 1. The van der Waals surface area contributed by atoms with Gasteiger partial charge in [-0.25, -0.2) is 4.79 Å². The number of rotatable bonds is 4. The number of carbonyl (C=O) groups is 2. The number of hydrogen-bond acceptors (Lipinski definition) is 4. The molecule has 5 heteroatoms. The SMILES string of the molecule is COC(=O)c1ccc(CBr)c(SC(=O)c2ccc(C(C)(C)C)cc2)c1. The van der Waals surface area contributed by atoms with Crippen LogP contribution in [0.3, 0.4) is 0 Å². The molecule has 0 atom stereocenters. The summed E-state index contributed by atoms with van der Waals surface area (Å²) in [6.07, 6.45) is 0. The first-order valence-electron chi connectivity index (χ1n) is 7.86. The summed E-state index contributed by atoms with van der Waals surface area (Å²) < 4.78 is 4.75. The van der Waals surface area contributed by atoms with Crippen LogP contribution in [0.15, 0.2) is 47.4 Å². The van der Waals surface area contributed by atoms with E-state index in [4.69, 9.17) is 4.74 Å². The van der Waals surface area contributed by atoms with Gasteiger partial charge in [0.15, 0.2) is 0 Å². The first kappa shape index (κ1) is 19.7. The highest BCUT2D eigenvalue weighted by Gasteiger charge is 2.17. The maximum Gasteiger partial charge on any atom is 0.337 e. The summed E-state index contributed by atoms with van der Waals surface area (Å²) in [4.78, 5) is 25.1. The van der Waals surface area contributed by atoms with Crippen LogP contribution in [-0.2, 0) is 15.5 Å². The standard InChI is InChI=1S/C20H21BrO3S/c1-20(2,3)16-9-7-13(8-10-16)19(23)25-17-11-14(18(22)24-4)5-6-15(17)12-21/h5-11H,12H2,1-4H3. The van der Waals surface area contributed by atoms with Gasteiger partial charge in [0.1, 0.15) is 0 Å². The second-order valence-corrected chi connectivity index (χ2v) is 8.24. The van der Waals surface area contributed by atoms with Crippen molar-refractivity contribution in [2.75, 3.05) is 7.11 Å². The molecule has 0 aliphatic heterocycles. The Balaban J connectivity index is 2.26. The van der Waals surface area contributed by atoms with E-state index >= 15 is 0 Å². The van der Waals surface area contributed by atoms with Crippen molar-refractivity contribution in [3.05, 3.63) is 64.7 Å². The van der Waals surface area contributed by atoms with Crippen molar-refractivity contribution < 1.29 is 14.3 Å². The predicted octanol–water partition coefficient (Wildman–Crippen LogP) is 5.60. The molecule has 0 unspecified atom stereocenters. The van der Waals surface area contributed by atoms with Crippen LogP contribution in [0.2, 0.25) is 0 Å². The molecule has 0 saturated carbocycles. The zero-order chi connectivity index (χ0) is 18.6. The summed E-state index contributed by atoms with van der Waals surface area (Å²) in [5, 5.41) is 0.553. The van der Waals surface area contributed by atoms with Gasteiger partial charge in [0.25, 0.3) is 0 Å². The van der Waals surface area contributed by atoms with E-state index in [2.05, 4.69) is 36.7 Å². The predicted molar refractivity (Wildman–Crippen MR) is 106 cm³/mol. The molecule has 0 saturated heterocycles. The summed E-state index contributed by atoms with van der Waals surface area (Å²) in [6.45, 7) is 6.41. The van der Waals surface area contributed by atoms with Gasteiger partial charge >= 0.3 is 5.97 Å². The zero-order valence-corrected chi connectivity index (χ0v) is 17.2. The van der Waals surface area contributed by atoms with E-state index in [0.29, 0.717) is 16.5 Å². The maximum absolute atomic E-state index is 12.6. The van der Waals surface area contributed by atoms with E-state index in [1.807, 2.05) is 30.3 Å². The summed E-state index contributed by atoms with van der Waals surface area (Å²) in [7, 11) is 1.34. The molecular formula is C20H21BrO3S. The maximum atomic E-state index is 12.6. The molecule has 2 aromatic rings. The number of thioether (sulfide) groups is 1. The fourth-order valence-corrected chi connectivity index (χ4v) is 3.86. The van der Waals surface area contributed by atoms with Gasteiger partial charge in [-0.2, -0.15) is 0 Å². The molecule has 0 fully saturated rings. The topological polar surface area (TPSA) is 43.4 Å². The lowest BCUT2D eigenvalue weighted by Gasteiger charge is -2.19. The van der Waals surface area contributed by atoms with E-state index in [9.17, 15) is 9.59 Å². The third kappa shape index (κ3) is 4.95. The minimum absolute atomic E-state index is 0.0483. The Bertz CT molecular complexity index is 777. The van der Waals surface area contributed by atoms with Crippen LogP contribution in [0.4, 0.5) is 0 Å². The van der Waals surface area contributed by atoms with Crippen molar-refractivity contribution in [3.8, 4) is 0 Å². The molecule has 132 valence electrons. The Kier molecular flexibility index (Phi) is 6.47. The fraction of sp³-hybridized carbons (Fsp3) is 0.300. The lowest BCUT2D eigenvalue weighted by atomic mass is 9.87. The van der Waals surface area contributed by atoms with Crippen LogP contribution >= 0.6 is 27.7 Å². The highest BCUT2D eigenvalue weighted by Crippen LogP contribution is 2.30. The van der Waals surface area contributed by atoms with Gasteiger partial charge in [-0.3, -0.25) is 4.79 Å². The second kappa shape index (κ2) is 8.19. The smallest absolute Gasteiger partial charge is 0.337 e. The number of alkyl halides is 1. The molecule has 0 amide bonds. The molecule has 0 radical (unpaired) electrons. The van der Waals surface area contributed by atoms with Crippen molar-refractivity contribution in [1.82, 2.24) is 0 Å². The van der Waals surface area contributed by atoms with E-state index in [-0.39, 0.29) is 10.5 Å². The third-order valence-corrected chi connectivity index (χ3v) is 5.45. The Hall–Kier alpha value is -1.59. The molecule has 0 bridgehead atoms. The van der Waals surface area contributed by atoms with E-state index < -0.39 is 5.97 Å². The molecule has 0 aromatic heterocycles. The van der Waals surface area contributed by atoms with Crippen molar-refractivity contribution in [2.45, 2.75) is 36.4 Å². The average molecular weight is 421 g/mol. The summed E-state index contributed by atoms with van der Waals surface area (Å²) in [5.74, 6) is -0.412. The zero-order valence-electron chi connectivity index (χ0n) is 14.8. The molecule has 2 aromatic carbocycles. The minimum atomic E-state index is -0.412. The summed E-state index contributed by atoms with van der Waals surface area (Å²) >= 11 is 4.55. The Morgan fingerprint density at radius 3 is 2.16 bits per heavy atom. The first-order valence-corrected chi connectivity index (χ1v) is 9.80. The lowest BCUT2D eigenvalue weighted by molar-refractivity contribution is 0.0600. The van der Waals surface area contributed by atoms with Crippen LogP contribution in [0.5, 0.6) is 0 Å². The van der Waals surface area contributed by atoms with Crippen molar-refractivity contribution in [3.63, 3.8) is 0 Å². The average Bonchev–Trinajstić information content (AvgIpc) is 2.60. The quantitative estimate of drug-likeness (QED) is 0.366. The number of carbonyl (C=O) groups excluding carboxylic acids is 2. The van der Waals surface area contributed by atoms with Gasteiger partial charge in [-0.05, 0) is 40.4 Å². The van der Waals surface area contributed by atoms with Gasteiger partial charge in [0.05, 0.1) is 12.7 Å². The fourth-order valence-electron chi connectivity index (χ4n) is 2.27. The molecule has 2 rings (SSSR count). The number of ether oxygens (including phenoxy) is 1. The van der Waals surface area contributed by atoms with Crippen LogP contribution in [-0.4, -0.2) is 18.2 Å². The van der Waals surface area contributed by atoms with Gasteiger partial charge in [0.2, 0.25) is 5.12 Å². The normalized spacial score (nSPS) is 11.2. The Morgan fingerprint density at radius 2 is 1.64 bits per heavy atom. The molecule has 3 nitrogen and oxygen atoms in total. The van der Waals surface area contributed by atoms with Gasteiger partial charge in [-0.15, -0.1) is 0 Å². The molecule has 0 aliphatic rings. The van der Waals surface area contributed by atoms with Crippen LogP contribution in [0, 0.1) is 0 Å². The van der Waals surface area contributed by atoms with E-state index in [1.54, 1.807) is 12.1 Å². The number of hydrogen-bond donors (Lipinski definition) is 0. The summed E-state index contributed by atoms with van der Waals surface area (Å²) in [5.41, 5.74) is 3.26. The van der Waals surface area contributed by atoms with Gasteiger partial charge in [0, 0.05) is 15.8 Å². The Labute approximate surface area is 161 Å². The number of halogens is 1. The highest BCUT2D eigenvalue weighted by molar-refractivity contribution is 9.08. The minimum Gasteiger partial charge on any atom is -0.465 e. The van der Waals surface area contributed by atoms with Crippen molar-refractivity contribution >= 4 is 38.8 Å². The van der Waals surface area contributed by atoms with Gasteiger partial charge in [-0.1, -0.05) is 67.0 Å². The second-order valence-electron chi connectivity index (χ2n) is 6.66. The molecule has 0 aliphatic carbocycles. The number of benzene rings is 2. The van der Waals surface area contributed by atoms with Gasteiger partial charge < -0.3 is 4.74 Å². The Morgan fingerprint density at radius 1 is 1.04 bits per heavy atom.